The first-order chi connectivity index (χ1) is 26.1. The third-order valence-corrected chi connectivity index (χ3v) is 10.1. The number of rotatable bonds is 12. The molecular formula is C37H34Cl2F3N3O7. The minimum absolute atomic E-state index is 0.0229. The fourth-order valence-corrected chi connectivity index (χ4v) is 7.60. The zero-order valence-electron chi connectivity index (χ0n) is 30.3. The van der Waals surface area contributed by atoms with Gasteiger partial charge in [0.15, 0.2) is 11.5 Å². The molecule has 3 aliphatic rings. The maximum Gasteiger partial charge on any atom is 0.414 e. The summed E-state index contributed by atoms with van der Waals surface area (Å²) in [4.78, 5) is 30.4. The molecule has 4 aromatic rings. The van der Waals surface area contributed by atoms with E-state index in [1.807, 2.05) is 0 Å². The Balaban J connectivity index is 1.52. The predicted octanol–water partition coefficient (Wildman–Crippen LogP) is 6.24. The van der Waals surface area contributed by atoms with Crippen molar-refractivity contribution in [1.82, 2.24) is 4.90 Å². The van der Waals surface area contributed by atoms with Gasteiger partial charge in [0.2, 0.25) is 12.4 Å². The van der Waals surface area contributed by atoms with Gasteiger partial charge >= 0.3 is 12.7 Å². The van der Waals surface area contributed by atoms with Crippen LogP contribution < -0.4 is 24.2 Å². The second-order valence-electron chi connectivity index (χ2n) is 12.5. The molecule has 0 spiro atoms. The van der Waals surface area contributed by atoms with E-state index < -0.39 is 55.1 Å². The summed E-state index contributed by atoms with van der Waals surface area (Å²) in [5.74, 6) is -4.55. The van der Waals surface area contributed by atoms with Crippen LogP contribution in [0.3, 0.4) is 0 Å². The molecule has 52 heavy (non-hydrogen) atoms. The molecule has 0 radical (unpaired) electrons. The SMILES string of the molecule is [2H]C([2H])([2H])Oc1cc([C@H](Cc2c(Cl)c[n+](O)cc2Cl)c2c(CN(C(=O)O[C@H]3CN4CCC3CC4)c3cccc(F)c3)cccc2C(=O)[O-])ccc1OC(F)F. The number of nitrogens with zero attached hydrogens (tertiary/aromatic N) is 3. The summed E-state index contributed by atoms with van der Waals surface area (Å²) in [5.41, 5.74) is 0.293. The van der Waals surface area contributed by atoms with Gasteiger partial charge in [-0.2, -0.15) is 8.78 Å². The van der Waals surface area contributed by atoms with Gasteiger partial charge in [0.1, 0.15) is 22.0 Å². The number of fused-ring (bicyclic) bond motifs is 3. The Morgan fingerprint density at radius 2 is 1.81 bits per heavy atom. The molecule has 3 saturated heterocycles. The van der Waals surface area contributed by atoms with E-state index in [-0.39, 0.29) is 62.4 Å². The first-order valence-corrected chi connectivity index (χ1v) is 17.0. The minimum atomic E-state index is -3.35. The third kappa shape index (κ3) is 8.16. The van der Waals surface area contributed by atoms with E-state index >= 15 is 0 Å². The normalized spacial score (nSPS) is 19.7. The van der Waals surface area contributed by atoms with Crippen LogP contribution in [0.15, 0.2) is 73.1 Å². The standard InChI is InChI=1S/C37H34Cl2F3N3O7/c1-50-32-14-22(8-9-31(32)51-36(41)42)27(16-28-29(38)18-44(49)19-30(28)39)34-23(4-2-7-26(34)35(46)47)17-45(25-6-3-5-24(40)15-25)37(48)52-33-20-43-12-10-21(33)11-13-43/h2-9,14-15,18-19,21,27,33,36H,10-13,16-17,20H2,1H3,(H-,46,47,49)/t27-,33-/m0/s1/i1D3. The fraction of sp³-hybridized carbons (Fsp3) is 0.324. The molecule has 1 aromatic heterocycles. The van der Waals surface area contributed by atoms with Crippen molar-refractivity contribution < 1.29 is 56.1 Å². The van der Waals surface area contributed by atoms with E-state index in [1.165, 1.54) is 47.4 Å². The van der Waals surface area contributed by atoms with E-state index in [0.29, 0.717) is 11.3 Å². The first-order valence-electron chi connectivity index (χ1n) is 17.7. The second-order valence-corrected chi connectivity index (χ2v) is 13.4. The van der Waals surface area contributed by atoms with Gasteiger partial charge in [-0.15, -0.1) is 0 Å². The van der Waals surface area contributed by atoms with Crippen LogP contribution in [0, 0.1) is 11.7 Å². The van der Waals surface area contributed by atoms with Crippen LogP contribution >= 0.6 is 23.2 Å². The van der Waals surface area contributed by atoms with Gasteiger partial charge in [-0.05, 0) is 85.3 Å². The summed E-state index contributed by atoms with van der Waals surface area (Å²) in [7, 11) is -3.12. The number of anilines is 1. The molecule has 15 heteroatoms. The average Bonchev–Trinajstić information content (AvgIpc) is 3.11. The Kier molecular flexibility index (Phi) is 10.1. The first kappa shape index (κ1) is 33.1. The quantitative estimate of drug-likeness (QED) is 0.133. The summed E-state index contributed by atoms with van der Waals surface area (Å²) in [6.45, 7) is -1.43. The molecule has 1 N–H and O–H groups in total. The zero-order valence-corrected chi connectivity index (χ0v) is 28.8. The van der Waals surface area contributed by atoms with Crippen LogP contribution in [0.2, 0.25) is 10.0 Å². The van der Waals surface area contributed by atoms with Gasteiger partial charge < -0.3 is 24.1 Å². The number of halogens is 5. The number of ether oxygens (including phenoxy) is 3. The van der Waals surface area contributed by atoms with Crippen molar-refractivity contribution in [2.24, 2.45) is 5.92 Å². The second kappa shape index (κ2) is 15.9. The number of benzene rings is 3. The lowest BCUT2D eigenvalue weighted by atomic mass is 9.80. The Labute approximate surface area is 311 Å². The Morgan fingerprint density at radius 3 is 2.44 bits per heavy atom. The van der Waals surface area contributed by atoms with Gasteiger partial charge in [0.05, 0.1) is 29.4 Å². The lowest BCUT2D eigenvalue weighted by molar-refractivity contribution is -0.904. The fourth-order valence-electron chi connectivity index (χ4n) is 6.99. The molecule has 3 fully saturated rings. The third-order valence-electron chi connectivity index (χ3n) is 9.45. The predicted molar refractivity (Wildman–Crippen MR) is 182 cm³/mol. The number of alkyl halides is 2. The molecule has 2 atom stereocenters. The molecule has 1 amide bonds. The number of aromatic nitrogens is 1. The molecule has 2 bridgehead atoms. The van der Waals surface area contributed by atoms with Crippen molar-refractivity contribution in [2.45, 2.75) is 44.4 Å². The highest BCUT2D eigenvalue weighted by Gasteiger charge is 2.38. The van der Waals surface area contributed by atoms with Gasteiger partial charge in [0, 0.05) is 28.3 Å². The summed E-state index contributed by atoms with van der Waals surface area (Å²) in [6.07, 6.45) is 2.46. The molecular weight excluding hydrogens is 726 g/mol. The Morgan fingerprint density at radius 1 is 1.08 bits per heavy atom. The Hall–Kier alpha value is -4.72. The number of carboxylic acids is 1. The number of methoxy groups -OCH3 is 1. The molecule has 4 heterocycles. The van der Waals surface area contributed by atoms with Crippen LogP contribution in [-0.4, -0.2) is 61.6 Å². The van der Waals surface area contributed by atoms with Crippen molar-refractivity contribution in [2.75, 3.05) is 31.6 Å². The molecule has 0 saturated carbocycles. The largest absolute Gasteiger partial charge is 0.545 e. The van der Waals surface area contributed by atoms with Crippen LogP contribution in [0.4, 0.5) is 23.7 Å². The number of carboxylic acid groups (broad SMARTS) is 1. The molecule has 0 aliphatic carbocycles. The summed E-state index contributed by atoms with van der Waals surface area (Å²) < 4.78 is 80.7. The van der Waals surface area contributed by atoms with Gasteiger partial charge in [-0.3, -0.25) is 15.0 Å². The smallest absolute Gasteiger partial charge is 0.414 e. The highest BCUT2D eigenvalue weighted by molar-refractivity contribution is 6.35. The lowest BCUT2D eigenvalue weighted by Crippen LogP contribution is -2.53. The molecule has 3 aromatic carbocycles. The van der Waals surface area contributed by atoms with Crippen LogP contribution in [0.25, 0.3) is 0 Å². The molecule has 7 rings (SSSR count). The van der Waals surface area contributed by atoms with E-state index in [2.05, 4.69) is 9.64 Å². The molecule has 0 unspecified atom stereocenters. The zero-order chi connectivity index (χ0) is 39.6. The number of pyridine rings is 1. The maximum atomic E-state index is 14.7. The summed E-state index contributed by atoms with van der Waals surface area (Å²) >= 11 is 13.1. The van der Waals surface area contributed by atoms with Gasteiger partial charge in [-0.1, -0.05) is 53.5 Å². The lowest BCUT2D eigenvalue weighted by Gasteiger charge is -2.44. The monoisotopic (exact) mass is 762 g/mol. The van der Waals surface area contributed by atoms with Crippen molar-refractivity contribution in [1.29, 1.82) is 0 Å². The van der Waals surface area contributed by atoms with E-state index in [9.17, 15) is 33.1 Å². The highest BCUT2D eigenvalue weighted by Crippen LogP contribution is 2.41. The van der Waals surface area contributed by atoms with Gasteiger partial charge in [0.25, 0.3) is 0 Å². The van der Waals surface area contributed by atoms with E-state index in [1.54, 1.807) is 0 Å². The number of piperidine rings is 3. The molecule has 3 aliphatic heterocycles. The summed E-state index contributed by atoms with van der Waals surface area (Å²) in [6, 6.07) is 12.9. The number of amides is 1. The van der Waals surface area contributed by atoms with Crippen LogP contribution in [0.1, 0.15) is 55.5 Å². The average molecular weight is 764 g/mol. The molecule has 274 valence electrons. The van der Waals surface area contributed by atoms with Crippen LogP contribution in [-0.2, 0) is 17.7 Å². The van der Waals surface area contributed by atoms with Crippen molar-refractivity contribution in [3.8, 4) is 11.5 Å². The number of hydrogen-bond donors (Lipinski definition) is 1. The number of hydrogen-bond acceptors (Lipinski definition) is 8. The van der Waals surface area contributed by atoms with Crippen molar-refractivity contribution in [3.05, 3.63) is 117 Å². The maximum absolute atomic E-state index is 14.7. The minimum Gasteiger partial charge on any atom is -0.545 e. The number of aromatic carboxylic acids is 1. The Bertz CT molecular complexity index is 2050. The van der Waals surface area contributed by atoms with E-state index in [0.717, 1.165) is 56.5 Å². The topological polar surface area (TPSA) is 115 Å². The number of carbonyl (C=O) groups is 2. The van der Waals surface area contributed by atoms with Crippen molar-refractivity contribution in [3.63, 3.8) is 0 Å². The van der Waals surface area contributed by atoms with E-state index in [4.69, 9.17) is 36.8 Å². The summed E-state index contributed by atoms with van der Waals surface area (Å²) in [5, 5.41) is 22.8. The van der Waals surface area contributed by atoms with Crippen molar-refractivity contribution >= 4 is 41.0 Å². The van der Waals surface area contributed by atoms with Gasteiger partial charge in [-0.25, -0.2) is 9.18 Å². The molecule has 10 nitrogen and oxygen atoms in total. The van der Waals surface area contributed by atoms with Crippen LogP contribution in [0.5, 0.6) is 11.5 Å². The number of carbonyl (C=O) groups excluding carboxylic acids is 2. The highest BCUT2D eigenvalue weighted by atomic mass is 35.5.